The summed E-state index contributed by atoms with van der Waals surface area (Å²) in [5, 5.41) is 6.85. The Kier molecular flexibility index (Phi) is 10.1. The molecule has 10 nitrogen and oxygen atoms in total. The lowest BCUT2D eigenvalue weighted by Crippen LogP contribution is -2.60. The molecule has 5 N–H and O–H groups in total. The fourth-order valence-corrected chi connectivity index (χ4v) is 3.83. The smallest absolute Gasteiger partial charge is 0.312 e. The van der Waals surface area contributed by atoms with E-state index in [-0.39, 0.29) is 19.0 Å². The number of nitrogens with one attached hydrogen (secondary N) is 3. The number of primary amides is 1. The zero-order valence-electron chi connectivity index (χ0n) is 20.2. The van der Waals surface area contributed by atoms with Crippen LogP contribution in [-0.2, 0) is 19.2 Å². The number of halogens is 2. The number of alkyl halides is 2. The molecule has 1 saturated heterocycles. The monoisotopic (exact) mass is 487 g/mol. The van der Waals surface area contributed by atoms with E-state index in [9.17, 15) is 32.8 Å². The van der Waals surface area contributed by atoms with Crippen molar-refractivity contribution in [2.45, 2.75) is 65.6 Å². The van der Waals surface area contributed by atoms with Crippen molar-refractivity contribution in [1.82, 2.24) is 20.9 Å². The number of urea groups is 1. The van der Waals surface area contributed by atoms with Crippen LogP contribution < -0.4 is 21.7 Å². The van der Waals surface area contributed by atoms with Gasteiger partial charge in [-0.25, -0.2) is 13.6 Å². The van der Waals surface area contributed by atoms with Crippen LogP contribution in [0.2, 0.25) is 0 Å². The van der Waals surface area contributed by atoms with Crippen molar-refractivity contribution in [3.8, 4) is 0 Å². The van der Waals surface area contributed by atoms with Crippen LogP contribution in [0.25, 0.3) is 0 Å². The minimum Gasteiger partial charge on any atom is -0.352 e. The van der Waals surface area contributed by atoms with E-state index in [0.29, 0.717) is 0 Å². The maximum absolute atomic E-state index is 13.4. The van der Waals surface area contributed by atoms with E-state index in [1.165, 1.54) is 11.0 Å². The van der Waals surface area contributed by atoms with Gasteiger partial charge in [-0.05, 0) is 17.3 Å². The second-order valence-electron chi connectivity index (χ2n) is 9.63. The molecule has 1 heterocycles. The highest BCUT2D eigenvalue weighted by Gasteiger charge is 2.48. The molecule has 0 aromatic rings. The van der Waals surface area contributed by atoms with E-state index in [4.69, 9.17) is 5.73 Å². The topological polar surface area (TPSA) is 151 Å². The zero-order chi connectivity index (χ0) is 26.4. The first-order valence-electron chi connectivity index (χ1n) is 11.0. The Morgan fingerprint density at radius 2 is 1.74 bits per heavy atom. The Hall–Kier alpha value is -3.05. The van der Waals surface area contributed by atoms with Crippen LogP contribution in [0, 0.1) is 17.3 Å². The molecule has 1 rings (SSSR count). The normalized spacial score (nSPS) is 22.0. The number of nitrogens with two attached hydrogens (primary N) is 1. The quantitative estimate of drug-likeness (QED) is 0.262. The van der Waals surface area contributed by atoms with Gasteiger partial charge in [0.25, 0.3) is 5.91 Å². The molecule has 34 heavy (non-hydrogen) atoms. The van der Waals surface area contributed by atoms with E-state index in [1.807, 2.05) is 6.92 Å². The fourth-order valence-electron chi connectivity index (χ4n) is 3.83. The summed E-state index contributed by atoms with van der Waals surface area (Å²) in [6.07, 6.45) is -2.73. The molecule has 0 spiro atoms. The average molecular weight is 488 g/mol. The predicted octanol–water partition coefficient (Wildman–Crippen LogP) is 0.564. The maximum atomic E-state index is 13.4. The van der Waals surface area contributed by atoms with E-state index in [2.05, 4.69) is 22.5 Å². The van der Waals surface area contributed by atoms with Gasteiger partial charge in [-0.2, -0.15) is 0 Å². The van der Waals surface area contributed by atoms with Crippen LogP contribution in [0.1, 0.15) is 41.0 Å². The van der Waals surface area contributed by atoms with Gasteiger partial charge in [-0.1, -0.05) is 40.7 Å². The van der Waals surface area contributed by atoms with Crippen LogP contribution in [0.15, 0.2) is 12.7 Å². The van der Waals surface area contributed by atoms with Crippen molar-refractivity contribution in [1.29, 1.82) is 0 Å². The molecule has 1 aliphatic rings. The third-order valence-corrected chi connectivity index (χ3v) is 5.84. The third-order valence-electron chi connectivity index (χ3n) is 5.84. The minimum atomic E-state index is -2.97. The molecular formula is C22H35F2N5O5. The minimum absolute atomic E-state index is 0.0551. The molecule has 0 aromatic carbocycles. The van der Waals surface area contributed by atoms with Crippen molar-refractivity contribution in [3.05, 3.63) is 12.7 Å². The fraction of sp³-hybridized carbons (Fsp3) is 0.682. The van der Waals surface area contributed by atoms with E-state index in [1.54, 1.807) is 27.7 Å². The molecule has 0 saturated carbocycles. The SMILES string of the molecule is C=CCNC(=O)C(=O)[C@H](CC(F)F)NC(=O)[C@@H]1[C@@H](C)[C@@H](C)CN1C(=O)[C@@H](NC(N)=O)C(C)(C)C. The second kappa shape index (κ2) is 11.9. The summed E-state index contributed by atoms with van der Waals surface area (Å²) in [4.78, 5) is 63.7. The highest BCUT2D eigenvalue weighted by molar-refractivity contribution is 6.38. The zero-order valence-corrected chi connectivity index (χ0v) is 20.2. The number of Topliss-reactive ketones (excluding diaryl/α,β-unsaturated/α-hetero) is 1. The van der Waals surface area contributed by atoms with Crippen molar-refractivity contribution in [3.63, 3.8) is 0 Å². The first-order valence-corrected chi connectivity index (χ1v) is 11.0. The maximum Gasteiger partial charge on any atom is 0.312 e. The van der Waals surface area contributed by atoms with Gasteiger partial charge in [0, 0.05) is 19.5 Å². The Morgan fingerprint density at radius 1 is 1.15 bits per heavy atom. The molecule has 0 aromatic heterocycles. The van der Waals surface area contributed by atoms with Gasteiger partial charge < -0.3 is 26.6 Å². The molecule has 5 atom stereocenters. The van der Waals surface area contributed by atoms with Gasteiger partial charge in [-0.15, -0.1) is 6.58 Å². The van der Waals surface area contributed by atoms with Crippen molar-refractivity contribution < 1.29 is 32.8 Å². The highest BCUT2D eigenvalue weighted by atomic mass is 19.3. The van der Waals surface area contributed by atoms with E-state index >= 15 is 0 Å². The van der Waals surface area contributed by atoms with Crippen LogP contribution >= 0.6 is 0 Å². The summed E-state index contributed by atoms with van der Waals surface area (Å²) >= 11 is 0. The number of nitrogens with zero attached hydrogens (tertiary/aromatic N) is 1. The molecule has 5 amide bonds. The lowest BCUT2D eigenvalue weighted by Gasteiger charge is -2.35. The number of hydrogen-bond donors (Lipinski definition) is 4. The number of ketones is 1. The van der Waals surface area contributed by atoms with Crippen molar-refractivity contribution in [2.24, 2.45) is 23.0 Å². The lowest BCUT2D eigenvalue weighted by molar-refractivity contribution is -0.144. The largest absolute Gasteiger partial charge is 0.352 e. The molecular weight excluding hydrogens is 452 g/mol. The van der Waals surface area contributed by atoms with Crippen molar-refractivity contribution >= 4 is 29.5 Å². The first-order chi connectivity index (χ1) is 15.6. The lowest BCUT2D eigenvalue weighted by atomic mass is 9.85. The first kappa shape index (κ1) is 29.0. The summed E-state index contributed by atoms with van der Waals surface area (Å²) in [7, 11) is 0. The van der Waals surface area contributed by atoms with Gasteiger partial charge >= 0.3 is 6.03 Å². The van der Waals surface area contributed by atoms with Crippen LogP contribution in [-0.4, -0.2) is 72.1 Å². The average Bonchev–Trinajstić information content (AvgIpc) is 3.01. The Bertz CT molecular complexity index is 814. The summed E-state index contributed by atoms with van der Waals surface area (Å²) < 4.78 is 26.2. The summed E-state index contributed by atoms with van der Waals surface area (Å²) in [6, 6.07) is -4.85. The van der Waals surface area contributed by atoms with Crippen LogP contribution in [0.3, 0.4) is 0 Å². The van der Waals surface area contributed by atoms with Crippen molar-refractivity contribution in [2.75, 3.05) is 13.1 Å². The predicted molar refractivity (Wildman–Crippen MR) is 121 cm³/mol. The number of carbonyl (C=O) groups is 5. The molecule has 1 aliphatic heterocycles. The van der Waals surface area contributed by atoms with Gasteiger partial charge in [0.1, 0.15) is 18.1 Å². The number of hydrogen-bond acceptors (Lipinski definition) is 5. The number of likely N-dealkylation sites (tertiary alicyclic amines) is 1. The van der Waals surface area contributed by atoms with Gasteiger partial charge in [0.05, 0.1) is 0 Å². The molecule has 1 fully saturated rings. The standard InChI is InChI=1S/C22H35F2N5O5/c1-7-8-26-19(32)16(30)13(9-14(23)24)27-18(31)15-12(3)11(2)10-29(15)20(33)17(22(4,5)6)28-21(25)34/h7,11-15,17H,1,8-10H2,2-6H3,(H,26,32)(H,27,31)(H3,25,28,34)/t11-,12-,13-,15-,17+/m0/s1. The molecule has 0 radical (unpaired) electrons. The molecule has 12 heteroatoms. The Balaban J connectivity index is 3.21. The third kappa shape index (κ3) is 7.49. The molecule has 0 unspecified atom stereocenters. The Labute approximate surface area is 198 Å². The highest BCUT2D eigenvalue weighted by Crippen LogP contribution is 2.32. The van der Waals surface area contributed by atoms with Crippen LogP contribution in [0.4, 0.5) is 13.6 Å². The molecule has 0 bridgehead atoms. The number of amides is 5. The molecule has 0 aliphatic carbocycles. The summed E-state index contributed by atoms with van der Waals surface area (Å²) in [5.74, 6) is -4.31. The Morgan fingerprint density at radius 3 is 2.21 bits per heavy atom. The van der Waals surface area contributed by atoms with Crippen LogP contribution in [0.5, 0.6) is 0 Å². The molecule has 192 valence electrons. The summed E-state index contributed by atoms with van der Waals surface area (Å²) in [6.45, 7) is 12.2. The van der Waals surface area contributed by atoms with E-state index in [0.717, 1.165) is 0 Å². The van der Waals surface area contributed by atoms with Gasteiger partial charge in [0.2, 0.25) is 24.0 Å². The van der Waals surface area contributed by atoms with Gasteiger partial charge in [0.15, 0.2) is 0 Å². The number of carbonyl (C=O) groups excluding carboxylic acids is 5. The second-order valence-corrected chi connectivity index (χ2v) is 9.63. The van der Waals surface area contributed by atoms with Gasteiger partial charge in [-0.3, -0.25) is 19.2 Å². The summed E-state index contributed by atoms with van der Waals surface area (Å²) in [5.41, 5.74) is 4.48. The number of rotatable bonds is 10. The van der Waals surface area contributed by atoms with E-state index < -0.39 is 71.8 Å².